The molecule has 0 spiro atoms. The normalized spacial score (nSPS) is 15.7. The van der Waals surface area contributed by atoms with Gasteiger partial charge in [0.05, 0.1) is 5.69 Å². The van der Waals surface area contributed by atoms with Gasteiger partial charge in [0.2, 0.25) is 0 Å². The second-order valence-corrected chi connectivity index (χ2v) is 7.36. The highest BCUT2D eigenvalue weighted by atomic mass is 32.1. The van der Waals surface area contributed by atoms with Gasteiger partial charge in [0.15, 0.2) is 5.11 Å². The van der Waals surface area contributed by atoms with E-state index in [9.17, 15) is 0 Å². The van der Waals surface area contributed by atoms with E-state index in [2.05, 4.69) is 59.0 Å². The Kier molecular flexibility index (Phi) is 8.81. The van der Waals surface area contributed by atoms with Gasteiger partial charge in [0.25, 0.3) is 0 Å². The fourth-order valence-electron chi connectivity index (χ4n) is 3.38. The minimum atomic E-state index is 0.916. The number of hydrogen-bond acceptors (Lipinski definition) is 4. The second-order valence-electron chi connectivity index (χ2n) is 6.97. The van der Waals surface area contributed by atoms with Crippen molar-refractivity contribution in [1.29, 1.82) is 0 Å². The number of thiocarbonyl (C=S) groups is 1. The lowest BCUT2D eigenvalue weighted by atomic mass is 10.2. The predicted octanol–water partition coefficient (Wildman–Crippen LogP) is 1.94. The first-order valence-electron chi connectivity index (χ1n) is 10.1. The van der Waals surface area contributed by atoms with E-state index in [0.717, 1.165) is 82.7 Å². The van der Waals surface area contributed by atoms with E-state index in [-0.39, 0.29) is 0 Å². The lowest BCUT2D eigenvalue weighted by molar-refractivity contribution is 0.174. The molecule has 0 radical (unpaired) electrons. The monoisotopic (exact) mass is 380 g/mol. The molecule has 6 nitrogen and oxygen atoms in total. The highest BCUT2D eigenvalue weighted by Crippen LogP contribution is 2.12. The third-order valence-electron chi connectivity index (χ3n) is 5.25. The summed E-state index contributed by atoms with van der Waals surface area (Å²) >= 11 is 5.59. The van der Waals surface area contributed by atoms with Crippen molar-refractivity contribution in [1.82, 2.24) is 29.8 Å². The quantitative estimate of drug-likeness (QED) is 0.521. The van der Waals surface area contributed by atoms with Gasteiger partial charge in [-0.3, -0.25) is 9.58 Å². The Morgan fingerprint density at radius 2 is 1.88 bits per heavy atom. The molecule has 7 heteroatoms. The molecule has 1 aliphatic heterocycles. The van der Waals surface area contributed by atoms with Crippen LogP contribution in [0.4, 0.5) is 0 Å². The Bertz CT molecular complexity index is 546. The number of aromatic nitrogens is 2. The smallest absolute Gasteiger partial charge is 0.169 e. The fraction of sp³-hybridized carbons (Fsp3) is 0.789. The van der Waals surface area contributed by atoms with Crippen LogP contribution < -0.4 is 5.32 Å². The second kappa shape index (κ2) is 10.8. The molecule has 1 N–H and O–H groups in total. The van der Waals surface area contributed by atoms with E-state index in [4.69, 9.17) is 12.2 Å². The zero-order valence-electron chi connectivity index (χ0n) is 17.0. The average molecular weight is 381 g/mol. The van der Waals surface area contributed by atoms with Gasteiger partial charge in [0, 0.05) is 57.6 Å². The van der Waals surface area contributed by atoms with E-state index in [1.54, 1.807) is 0 Å². The van der Waals surface area contributed by atoms with E-state index in [1.165, 1.54) is 5.56 Å². The predicted molar refractivity (Wildman–Crippen MR) is 112 cm³/mol. The van der Waals surface area contributed by atoms with Crippen LogP contribution >= 0.6 is 12.2 Å². The first kappa shape index (κ1) is 21.1. The zero-order chi connectivity index (χ0) is 18.9. The van der Waals surface area contributed by atoms with E-state index >= 15 is 0 Å². The van der Waals surface area contributed by atoms with Crippen LogP contribution in [0.25, 0.3) is 0 Å². The Morgan fingerprint density at radius 3 is 2.46 bits per heavy atom. The molecular weight excluding hydrogens is 344 g/mol. The van der Waals surface area contributed by atoms with Crippen molar-refractivity contribution in [3.05, 3.63) is 17.5 Å². The van der Waals surface area contributed by atoms with Crippen molar-refractivity contribution in [3.8, 4) is 0 Å². The van der Waals surface area contributed by atoms with Crippen LogP contribution in [0.3, 0.4) is 0 Å². The van der Waals surface area contributed by atoms with Gasteiger partial charge in [-0.15, -0.1) is 0 Å². The van der Waals surface area contributed by atoms with Crippen molar-refractivity contribution < 1.29 is 0 Å². The van der Waals surface area contributed by atoms with Crippen LogP contribution in [0.15, 0.2) is 6.20 Å². The maximum atomic E-state index is 5.59. The highest BCUT2D eigenvalue weighted by Gasteiger charge is 2.20. The van der Waals surface area contributed by atoms with Crippen LogP contribution in [0.2, 0.25) is 0 Å². The Hall–Kier alpha value is -1.18. The summed E-state index contributed by atoms with van der Waals surface area (Å²) in [5.74, 6) is 0. The molecule has 1 fully saturated rings. The van der Waals surface area contributed by atoms with E-state index in [1.807, 2.05) is 4.68 Å². The number of nitrogens with zero attached hydrogens (tertiary/aromatic N) is 5. The molecule has 148 valence electrons. The molecule has 26 heavy (non-hydrogen) atoms. The summed E-state index contributed by atoms with van der Waals surface area (Å²) in [7, 11) is 0. The molecule has 1 aromatic rings. The van der Waals surface area contributed by atoms with Crippen LogP contribution in [-0.2, 0) is 13.1 Å². The molecule has 0 bridgehead atoms. The van der Waals surface area contributed by atoms with Crippen molar-refractivity contribution in [2.24, 2.45) is 0 Å². The number of nitrogens with one attached hydrogen (secondary N) is 1. The summed E-state index contributed by atoms with van der Waals surface area (Å²) in [4.78, 5) is 7.27. The van der Waals surface area contributed by atoms with Gasteiger partial charge in [-0.2, -0.15) is 5.10 Å². The maximum absolute atomic E-state index is 5.59. The lowest BCUT2D eigenvalue weighted by Crippen LogP contribution is -2.51. The SMILES string of the molecule is CCN(CC)CCCNC(=S)N1CCN(Cc2cn(CC)nc2C)CC1. The molecule has 2 rings (SSSR count). The lowest BCUT2D eigenvalue weighted by Gasteiger charge is -2.36. The van der Waals surface area contributed by atoms with Crippen LogP contribution in [0, 0.1) is 6.92 Å². The highest BCUT2D eigenvalue weighted by molar-refractivity contribution is 7.80. The topological polar surface area (TPSA) is 39.6 Å². The van der Waals surface area contributed by atoms with Crippen molar-refractivity contribution in [2.45, 2.75) is 47.2 Å². The van der Waals surface area contributed by atoms with Crippen molar-refractivity contribution in [2.75, 3.05) is 52.4 Å². The summed E-state index contributed by atoms with van der Waals surface area (Å²) < 4.78 is 2.03. The first-order chi connectivity index (χ1) is 12.6. The van der Waals surface area contributed by atoms with Crippen molar-refractivity contribution >= 4 is 17.3 Å². The molecule has 0 atom stereocenters. The number of rotatable bonds is 9. The largest absolute Gasteiger partial charge is 0.363 e. The summed E-state index contributed by atoms with van der Waals surface area (Å²) in [6.07, 6.45) is 3.33. The molecule has 1 aromatic heterocycles. The molecular formula is C19H36N6S. The molecule has 0 unspecified atom stereocenters. The van der Waals surface area contributed by atoms with E-state index in [0.29, 0.717) is 0 Å². The Labute approximate surface area is 164 Å². The van der Waals surface area contributed by atoms with Gasteiger partial charge in [-0.1, -0.05) is 13.8 Å². The minimum absolute atomic E-state index is 0.916. The van der Waals surface area contributed by atoms with Gasteiger partial charge in [0.1, 0.15) is 0 Å². The van der Waals surface area contributed by atoms with E-state index < -0.39 is 0 Å². The molecule has 2 heterocycles. The molecule has 1 aliphatic rings. The summed E-state index contributed by atoms with van der Waals surface area (Å²) in [6, 6.07) is 0. The van der Waals surface area contributed by atoms with Gasteiger partial charge >= 0.3 is 0 Å². The number of piperazine rings is 1. The fourth-order valence-corrected chi connectivity index (χ4v) is 3.66. The number of aryl methyl sites for hydroxylation is 2. The van der Waals surface area contributed by atoms with Gasteiger partial charge < -0.3 is 15.1 Å². The first-order valence-corrected chi connectivity index (χ1v) is 10.5. The minimum Gasteiger partial charge on any atom is -0.363 e. The Morgan fingerprint density at radius 1 is 1.19 bits per heavy atom. The maximum Gasteiger partial charge on any atom is 0.169 e. The summed E-state index contributed by atoms with van der Waals surface area (Å²) in [6.45, 7) is 19.1. The third-order valence-corrected chi connectivity index (χ3v) is 5.65. The molecule has 0 aliphatic carbocycles. The van der Waals surface area contributed by atoms with Crippen molar-refractivity contribution in [3.63, 3.8) is 0 Å². The zero-order valence-corrected chi connectivity index (χ0v) is 17.8. The standard InChI is InChI=1S/C19H36N6S/c1-5-22(6-2)10-8-9-20-19(26)24-13-11-23(12-14-24)15-18-16-25(7-3)21-17(18)4/h16H,5-15H2,1-4H3,(H,20,26). The summed E-state index contributed by atoms with van der Waals surface area (Å²) in [5.41, 5.74) is 2.50. The van der Waals surface area contributed by atoms with Crippen LogP contribution in [-0.4, -0.2) is 82.0 Å². The van der Waals surface area contributed by atoms with Crippen LogP contribution in [0.5, 0.6) is 0 Å². The third kappa shape index (κ3) is 6.21. The molecule has 0 saturated carbocycles. The van der Waals surface area contributed by atoms with Crippen LogP contribution in [0.1, 0.15) is 38.4 Å². The van der Waals surface area contributed by atoms with Gasteiger partial charge in [-0.25, -0.2) is 0 Å². The molecule has 1 saturated heterocycles. The number of hydrogen-bond donors (Lipinski definition) is 1. The summed E-state index contributed by atoms with van der Waals surface area (Å²) in [5, 5.41) is 8.90. The van der Waals surface area contributed by atoms with Gasteiger partial charge in [-0.05, 0) is 52.1 Å². The Balaban J connectivity index is 1.67. The molecule has 0 aromatic carbocycles. The molecule has 0 amide bonds. The average Bonchev–Trinajstić information content (AvgIpc) is 3.02.